The molecule has 7 nitrogen and oxygen atoms in total. The predicted octanol–water partition coefficient (Wildman–Crippen LogP) is 3.20. The minimum absolute atomic E-state index is 0.0958. The molecule has 2 aromatic heterocycles. The Kier molecular flexibility index (Phi) is 5.66. The number of nitrogens with zero attached hydrogens (tertiary/aromatic N) is 4. The van der Waals surface area contributed by atoms with Crippen molar-refractivity contribution in [3.8, 4) is 11.4 Å². The number of thioether (sulfide) groups is 1. The van der Waals surface area contributed by atoms with Gasteiger partial charge < -0.3 is 9.88 Å². The molecule has 0 aliphatic heterocycles. The lowest BCUT2D eigenvalue weighted by Crippen LogP contribution is -2.23. The number of amides is 1. The molecule has 2 heterocycles. The zero-order valence-electron chi connectivity index (χ0n) is 15.2. The maximum absolute atomic E-state index is 12.6. The molecule has 0 aliphatic carbocycles. The smallest absolute Gasteiger partial charge is 0.237 e. The highest BCUT2D eigenvalue weighted by molar-refractivity contribution is 8.00. The predicted molar refractivity (Wildman–Crippen MR) is 105 cm³/mol. The standard InChI is InChI=1S/C19H19N5O2S/c1-12(25)15-6-4-5-7-16(15)21-18(26)13(2)27-19-23-22-17(24(19)3)14-8-10-20-11-9-14/h4-11,13H,1-3H3,(H,21,26)/t13-/m1/s1. The Labute approximate surface area is 161 Å². The molecular formula is C19H19N5O2S. The molecule has 3 aromatic rings. The minimum atomic E-state index is -0.418. The molecule has 0 aliphatic rings. The SMILES string of the molecule is CC(=O)c1ccccc1NC(=O)[C@@H](C)Sc1nnc(-c2ccncc2)n1C. The summed E-state index contributed by atoms with van der Waals surface area (Å²) in [5.41, 5.74) is 1.90. The lowest BCUT2D eigenvalue weighted by Gasteiger charge is -2.13. The van der Waals surface area contributed by atoms with Gasteiger partial charge >= 0.3 is 0 Å². The number of benzene rings is 1. The molecule has 27 heavy (non-hydrogen) atoms. The van der Waals surface area contributed by atoms with Gasteiger partial charge in [0, 0.05) is 30.6 Å². The summed E-state index contributed by atoms with van der Waals surface area (Å²) in [5, 5.41) is 11.4. The normalized spacial score (nSPS) is 11.8. The van der Waals surface area contributed by atoms with Gasteiger partial charge in [-0.25, -0.2) is 0 Å². The lowest BCUT2D eigenvalue weighted by atomic mass is 10.1. The molecule has 1 aromatic carbocycles. The monoisotopic (exact) mass is 381 g/mol. The number of rotatable bonds is 6. The number of aromatic nitrogens is 4. The van der Waals surface area contributed by atoms with Crippen LogP contribution in [0.15, 0.2) is 53.9 Å². The van der Waals surface area contributed by atoms with Gasteiger partial charge in [0.05, 0.1) is 10.9 Å². The molecule has 0 saturated carbocycles. The number of para-hydroxylation sites is 1. The van der Waals surface area contributed by atoms with E-state index in [4.69, 9.17) is 0 Å². The van der Waals surface area contributed by atoms with Gasteiger partial charge in [-0.05, 0) is 38.1 Å². The lowest BCUT2D eigenvalue weighted by molar-refractivity contribution is -0.115. The van der Waals surface area contributed by atoms with E-state index < -0.39 is 5.25 Å². The second-order valence-corrected chi connectivity index (χ2v) is 7.26. The Morgan fingerprint density at radius 1 is 1.11 bits per heavy atom. The summed E-state index contributed by atoms with van der Waals surface area (Å²) < 4.78 is 1.84. The van der Waals surface area contributed by atoms with E-state index in [1.54, 1.807) is 43.6 Å². The van der Waals surface area contributed by atoms with Crippen LogP contribution in [0.2, 0.25) is 0 Å². The molecule has 138 valence electrons. The average molecular weight is 381 g/mol. The number of carbonyl (C=O) groups excluding carboxylic acids is 2. The molecule has 1 N–H and O–H groups in total. The Bertz CT molecular complexity index is 971. The molecule has 0 fully saturated rings. The quantitative estimate of drug-likeness (QED) is 0.521. The minimum Gasteiger partial charge on any atom is -0.324 e. The molecular weight excluding hydrogens is 362 g/mol. The van der Waals surface area contributed by atoms with E-state index in [2.05, 4.69) is 20.5 Å². The van der Waals surface area contributed by atoms with E-state index in [1.165, 1.54) is 18.7 Å². The first-order chi connectivity index (χ1) is 13.0. The highest BCUT2D eigenvalue weighted by Crippen LogP contribution is 2.26. The van der Waals surface area contributed by atoms with Crippen LogP contribution in [0.4, 0.5) is 5.69 Å². The molecule has 0 bridgehead atoms. The molecule has 1 amide bonds. The number of hydrogen-bond acceptors (Lipinski definition) is 6. The van der Waals surface area contributed by atoms with Gasteiger partial charge in [-0.1, -0.05) is 23.9 Å². The van der Waals surface area contributed by atoms with E-state index in [-0.39, 0.29) is 11.7 Å². The number of carbonyl (C=O) groups is 2. The van der Waals surface area contributed by atoms with Crippen LogP contribution in [-0.4, -0.2) is 36.7 Å². The topological polar surface area (TPSA) is 89.8 Å². The zero-order valence-corrected chi connectivity index (χ0v) is 16.0. The van der Waals surface area contributed by atoms with E-state index >= 15 is 0 Å². The fraction of sp³-hybridized carbons (Fsp3) is 0.211. The van der Waals surface area contributed by atoms with Crippen LogP contribution in [0.1, 0.15) is 24.2 Å². The molecule has 1 atom stereocenters. The summed E-state index contributed by atoms with van der Waals surface area (Å²) in [6.07, 6.45) is 3.39. The van der Waals surface area contributed by atoms with Crippen molar-refractivity contribution in [2.24, 2.45) is 7.05 Å². The Morgan fingerprint density at radius 3 is 2.52 bits per heavy atom. The van der Waals surface area contributed by atoms with E-state index in [0.717, 1.165) is 5.56 Å². The van der Waals surface area contributed by atoms with Crippen molar-refractivity contribution < 1.29 is 9.59 Å². The average Bonchev–Trinajstić information content (AvgIpc) is 3.03. The van der Waals surface area contributed by atoms with Crippen molar-refractivity contribution in [3.63, 3.8) is 0 Å². The van der Waals surface area contributed by atoms with Crippen LogP contribution in [0, 0.1) is 0 Å². The van der Waals surface area contributed by atoms with Crippen LogP contribution < -0.4 is 5.32 Å². The summed E-state index contributed by atoms with van der Waals surface area (Å²) in [4.78, 5) is 28.3. The van der Waals surface area contributed by atoms with Gasteiger partial charge in [0.25, 0.3) is 0 Å². The van der Waals surface area contributed by atoms with Gasteiger partial charge in [0.2, 0.25) is 5.91 Å². The van der Waals surface area contributed by atoms with Crippen molar-refractivity contribution in [2.75, 3.05) is 5.32 Å². The van der Waals surface area contributed by atoms with E-state index in [1.807, 2.05) is 23.7 Å². The molecule has 3 rings (SSSR count). The highest BCUT2D eigenvalue weighted by Gasteiger charge is 2.20. The fourth-order valence-corrected chi connectivity index (χ4v) is 3.33. The summed E-state index contributed by atoms with van der Waals surface area (Å²) in [7, 11) is 1.85. The number of ketones is 1. The fourth-order valence-electron chi connectivity index (χ4n) is 2.52. The number of nitrogens with one attached hydrogen (secondary N) is 1. The van der Waals surface area contributed by atoms with Crippen molar-refractivity contribution in [1.29, 1.82) is 0 Å². The third-order valence-corrected chi connectivity index (χ3v) is 5.12. The van der Waals surface area contributed by atoms with Gasteiger partial charge in [0.15, 0.2) is 16.8 Å². The summed E-state index contributed by atoms with van der Waals surface area (Å²) in [6, 6.07) is 10.7. The zero-order chi connectivity index (χ0) is 19.4. The second kappa shape index (κ2) is 8.13. The molecule has 8 heteroatoms. The van der Waals surface area contributed by atoms with E-state index in [9.17, 15) is 9.59 Å². The number of anilines is 1. The van der Waals surface area contributed by atoms with Gasteiger partial charge in [0.1, 0.15) is 0 Å². The summed E-state index contributed by atoms with van der Waals surface area (Å²) in [6.45, 7) is 3.26. The van der Waals surface area contributed by atoms with Crippen molar-refractivity contribution >= 4 is 29.1 Å². The van der Waals surface area contributed by atoms with Crippen LogP contribution in [0.5, 0.6) is 0 Å². The maximum Gasteiger partial charge on any atom is 0.237 e. The maximum atomic E-state index is 12.6. The third kappa shape index (κ3) is 4.22. The van der Waals surface area contributed by atoms with Crippen LogP contribution in [0.3, 0.4) is 0 Å². The van der Waals surface area contributed by atoms with Crippen LogP contribution in [0.25, 0.3) is 11.4 Å². The Morgan fingerprint density at radius 2 is 1.81 bits per heavy atom. The number of Topliss-reactive ketones (excluding diaryl/α,β-unsaturated/α-hetero) is 1. The Balaban J connectivity index is 1.73. The van der Waals surface area contributed by atoms with Crippen molar-refractivity contribution in [1.82, 2.24) is 19.7 Å². The highest BCUT2D eigenvalue weighted by atomic mass is 32.2. The summed E-state index contributed by atoms with van der Waals surface area (Å²) in [5.74, 6) is 0.401. The first kappa shape index (κ1) is 18.8. The number of hydrogen-bond donors (Lipinski definition) is 1. The Hall–Kier alpha value is -3.00. The molecule has 0 saturated heterocycles. The number of pyridine rings is 1. The molecule has 0 unspecified atom stereocenters. The van der Waals surface area contributed by atoms with Crippen LogP contribution >= 0.6 is 11.8 Å². The van der Waals surface area contributed by atoms with Gasteiger partial charge in [-0.3, -0.25) is 14.6 Å². The van der Waals surface area contributed by atoms with Crippen LogP contribution in [-0.2, 0) is 11.8 Å². The second-order valence-electron chi connectivity index (χ2n) is 5.95. The first-order valence-electron chi connectivity index (χ1n) is 8.34. The van der Waals surface area contributed by atoms with Crippen molar-refractivity contribution in [2.45, 2.75) is 24.3 Å². The van der Waals surface area contributed by atoms with E-state index in [0.29, 0.717) is 22.2 Å². The van der Waals surface area contributed by atoms with Gasteiger partial charge in [-0.15, -0.1) is 10.2 Å². The van der Waals surface area contributed by atoms with Crippen molar-refractivity contribution in [3.05, 3.63) is 54.4 Å². The summed E-state index contributed by atoms with van der Waals surface area (Å²) >= 11 is 1.30. The van der Waals surface area contributed by atoms with Gasteiger partial charge in [-0.2, -0.15) is 0 Å². The molecule has 0 spiro atoms. The first-order valence-corrected chi connectivity index (χ1v) is 9.22. The molecule has 0 radical (unpaired) electrons. The third-order valence-electron chi connectivity index (χ3n) is 3.99. The largest absolute Gasteiger partial charge is 0.324 e.